The van der Waals surface area contributed by atoms with Crippen molar-refractivity contribution >= 4 is 34.0 Å². The molecule has 1 aliphatic heterocycles. The van der Waals surface area contributed by atoms with Crippen molar-refractivity contribution in [3.8, 4) is 18.1 Å². The molecule has 0 atom stereocenters. The van der Waals surface area contributed by atoms with E-state index in [9.17, 15) is 4.79 Å². The Balaban J connectivity index is 1.68. The normalized spacial score (nSPS) is 13.1. The summed E-state index contributed by atoms with van der Waals surface area (Å²) in [7, 11) is 0. The first-order chi connectivity index (χ1) is 15.6. The number of fused-ring (bicyclic) bond motifs is 3. The number of benzene rings is 2. The monoisotopic (exact) mass is 427 g/mol. The molecule has 0 radical (unpaired) electrons. The second kappa shape index (κ2) is 9.50. The second-order valence-electron chi connectivity index (χ2n) is 7.68. The summed E-state index contributed by atoms with van der Waals surface area (Å²) in [4.78, 5) is 23.4. The molecule has 2 aromatic carbocycles. The zero-order valence-corrected chi connectivity index (χ0v) is 18.1. The van der Waals surface area contributed by atoms with Gasteiger partial charge in [-0.05, 0) is 30.3 Å². The smallest absolute Gasteiger partial charge is 0.250 e. The molecule has 0 spiro atoms. The number of nitrogens with one attached hydrogen (secondary N) is 2. The molecule has 1 aliphatic rings. The molecule has 7 nitrogen and oxygen atoms in total. The van der Waals surface area contributed by atoms with Crippen molar-refractivity contribution in [2.45, 2.75) is 19.9 Å². The third-order valence-corrected chi connectivity index (χ3v) is 5.05. The first kappa shape index (κ1) is 21.3. The molecule has 0 fully saturated rings. The third kappa shape index (κ3) is 4.56. The van der Waals surface area contributed by atoms with E-state index in [1.165, 1.54) is 6.33 Å². The van der Waals surface area contributed by atoms with Crippen LogP contribution in [0.5, 0.6) is 5.75 Å². The van der Waals surface area contributed by atoms with E-state index < -0.39 is 0 Å². The summed E-state index contributed by atoms with van der Waals surface area (Å²) in [5.74, 6) is 3.72. The average molecular weight is 428 g/mol. The highest BCUT2D eigenvalue weighted by molar-refractivity contribution is 6.07. The number of hydrogen-bond acceptors (Lipinski definition) is 6. The molecule has 0 saturated carbocycles. The van der Waals surface area contributed by atoms with Crippen LogP contribution in [0.15, 0.2) is 54.9 Å². The van der Waals surface area contributed by atoms with Gasteiger partial charge in [0.25, 0.3) is 5.91 Å². The van der Waals surface area contributed by atoms with Crippen molar-refractivity contribution in [2.24, 2.45) is 0 Å². The van der Waals surface area contributed by atoms with Crippen molar-refractivity contribution in [3.05, 3.63) is 60.4 Å². The van der Waals surface area contributed by atoms with Crippen LogP contribution >= 0.6 is 0 Å². The Hall–Kier alpha value is -3.89. The van der Waals surface area contributed by atoms with E-state index in [1.807, 2.05) is 42.5 Å². The highest BCUT2D eigenvalue weighted by Gasteiger charge is 2.26. The number of hydrogen-bond donors (Lipinski definition) is 2. The molecule has 2 N–H and O–H groups in total. The zero-order chi connectivity index (χ0) is 22.5. The summed E-state index contributed by atoms with van der Waals surface area (Å²) >= 11 is 0. The third-order valence-electron chi connectivity index (χ3n) is 5.05. The van der Waals surface area contributed by atoms with E-state index in [4.69, 9.17) is 11.2 Å². The highest BCUT2D eigenvalue weighted by atomic mass is 16.5. The fourth-order valence-electron chi connectivity index (χ4n) is 3.53. The number of carbonyl (C=O) groups is 1. The number of terminal acetylenes is 1. The fourth-order valence-corrected chi connectivity index (χ4v) is 3.53. The Morgan fingerprint density at radius 3 is 3.00 bits per heavy atom. The Kier molecular flexibility index (Phi) is 6.34. The molecule has 1 aromatic heterocycles. The van der Waals surface area contributed by atoms with Gasteiger partial charge in [-0.2, -0.15) is 0 Å². The summed E-state index contributed by atoms with van der Waals surface area (Å²) in [6.07, 6.45) is 10.5. The molecule has 162 valence electrons. The molecule has 7 heteroatoms. The molecule has 0 aliphatic carbocycles. The van der Waals surface area contributed by atoms with E-state index in [-0.39, 0.29) is 5.91 Å². The number of aromatic nitrogens is 2. The Labute approximate surface area is 187 Å². The second-order valence-corrected chi connectivity index (χ2v) is 7.68. The minimum Gasteiger partial charge on any atom is -0.489 e. The fraction of sp³-hybridized carbons (Fsp3) is 0.240. The molecule has 3 aromatic rings. The van der Waals surface area contributed by atoms with E-state index in [0.29, 0.717) is 43.0 Å². The lowest BCUT2D eigenvalue weighted by molar-refractivity contribution is -0.114. The van der Waals surface area contributed by atoms with Crippen molar-refractivity contribution in [3.63, 3.8) is 0 Å². The van der Waals surface area contributed by atoms with Crippen molar-refractivity contribution < 1.29 is 9.53 Å². The lowest BCUT2D eigenvalue weighted by Gasteiger charge is -2.30. The largest absolute Gasteiger partial charge is 0.489 e. The maximum atomic E-state index is 12.9. The average Bonchev–Trinajstić information content (AvgIpc) is 2.81. The van der Waals surface area contributed by atoms with Crippen molar-refractivity contribution in [1.29, 1.82) is 0 Å². The Morgan fingerprint density at radius 1 is 1.31 bits per heavy atom. The molecule has 0 bridgehead atoms. The van der Waals surface area contributed by atoms with Gasteiger partial charge < -0.3 is 20.3 Å². The van der Waals surface area contributed by atoms with Crippen LogP contribution in [-0.2, 0) is 4.79 Å². The number of anilines is 3. The maximum absolute atomic E-state index is 12.9. The lowest BCUT2D eigenvalue weighted by atomic mass is 10.1. The van der Waals surface area contributed by atoms with Gasteiger partial charge in [-0.3, -0.25) is 4.79 Å². The van der Waals surface area contributed by atoms with Gasteiger partial charge in [0.2, 0.25) is 0 Å². The SMILES string of the molecule is C#Cc1cccc(Nc2ncnc3ccc4c(c23)OCCN4C(=O)/C=C/CNC(C)C)c1. The number of nitrogens with zero attached hydrogens (tertiary/aromatic N) is 3. The molecule has 32 heavy (non-hydrogen) atoms. The van der Waals surface area contributed by atoms with Gasteiger partial charge in [0.05, 0.1) is 23.1 Å². The van der Waals surface area contributed by atoms with Gasteiger partial charge in [0.1, 0.15) is 18.8 Å². The summed E-state index contributed by atoms with van der Waals surface area (Å²) in [5.41, 5.74) is 3.00. The predicted octanol–water partition coefficient (Wildman–Crippen LogP) is 3.63. The van der Waals surface area contributed by atoms with Gasteiger partial charge in [-0.25, -0.2) is 9.97 Å². The van der Waals surface area contributed by atoms with Crippen molar-refractivity contribution in [1.82, 2.24) is 15.3 Å². The minimum absolute atomic E-state index is 0.0902. The number of amides is 1. The van der Waals surface area contributed by atoms with E-state index in [1.54, 1.807) is 11.0 Å². The lowest BCUT2D eigenvalue weighted by Crippen LogP contribution is -2.37. The van der Waals surface area contributed by atoms with Crippen LogP contribution in [0.25, 0.3) is 10.9 Å². The number of ether oxygens (including phenoxy) is 1. The Bertz CT molecular complexity index is 1210. The summed E-state index contributed by atoms with van der Waals surface area (Å²) in [6.45, 7) is 5.62. The van der Waals surface area contributed by atoms with Crippen LogP contribution in [0.2, 0.25) is 0 Å². The summed E-state index contributed by atoms with van der Waals surface area (Å²) in [5, 5.41) is 7.30. The molecule has 0 unspecified atom stereocenters. The first-order valence-electron chi connectivity index (χ1n) is 10.5. The van der Waals surface area contributed by atoms with Crippen LogP contribution in [-0.4, -0.2) is 41.6 Å². The first-order valence-corrected chi connectivity index (χ1v) is 10.5. The Morgan fingerprint density at radius 2 is 2.19 bits per heavy atom. The number of rotatable bonds is 6. The van der Waals surface area contributed by atoms with Gasteiger partial charge in [-0.15, -0.1) is 6.42 Å². The van der Waals surface area contributed by atoms with Crippen LogP contribution in [0.3, 0.4) is 0 Å². The van der Waals surface area contributed by atoms with Crippen LogP contribution in [0.1, 0.15) is 19.4 Å². The summed E-state index contributed by atoms with van der Waals surface area (Å²) in [6, 6.07) is 11.6. The minimum atomic E-state index is -0.0902. The van der Waals surface area contributed by atoms with Crippen molar-refractivity contribution in [2.75, 3.05) is 29.9 Å². The molecule has 2 heterocycles. The van der Waals surface area contributed by atoms with Gasteiger partial charge in [-0.1, -0.05) is 31.9 Å². The molecule has 0 saturated heterocycles. The zero-order valence-electron chi connectivity index (χ0n) is 18.1. The molecular weight excluding hydrogens is 402 g/mol. The predicted molar refractivity (Wildman–Crippen MR) is 127 cm³/mol. The quantitative estimate of drug-likeness (QED) is 0.462. The van der Waals surface area contributed by atoms with E-state index >= 15 is 0 Å². The van der Waals surface area contributed by atoms with Gasteiger partial charge in [0, 0.05) is 29.9 Å². The molecule has 4 rings (SSSR count). The van der Waals surface area contributed by atoms with Crippen LogP contribution < -0.4 is 20.3 Å². The van der Waals surface area contributed by atoms with Crippen LogP contribution in [0.4, 0.5) is 17.2 Å². The maximum Gasteiger partial charge on any atom is 0.250 e. The topological polar surface area (TPSA) is 79.4 Å². The van der Waals surface area contributed by atoms with Gasteiger partial charge in [0.15, 0.2) is 5.75 Å². The van der Waals surface area contributed by atoms with E-state index in [2.05, 4.69) is 40.4 Å². The summed E-state index contributed by atoms with van der Waals surface area (Å²) < 4.78 is 6.01. The van der Waals surface area contributed by atoms with Crippen LogP contribution in [0, 0.1) is 12.3 Å². The molecular formula is C25H25N5O2. The number of carbonyl (C=O) groups excluding carboxylic acids is 1. The standard InChI is InChI=1S/C25H25N5O2/c1-4-18-7-5-8-19(15-18)29-25-23-20(27-16-28-25)10-11-21-24(23)32-14-13-30(21)22(31)9-6-12-26-17(2)3/h1,5-11,15-17,26H,12-14H2,2-3H3,(H,27,28,29)/b9-6+. The highest BCUT2D eigenvalue weighted by Crippen LogP contribution is 2.41. The van der Waals surface area contributed by atoms with Gasteiger partial charge >= 0.3 is 0 Å². The van der Waals surface area contributed by atoms with E-state index in [0.717, 1.165) is 22.2 Å². The molecule has 1 amide bonds.